The van der Waals surface area contributed by atoms with Crippen molar-refractivity contribution in [3.63, 3.8) is 0 Å². The highest BCUT2D eigenvalue weighted by atomic mass is 32.2. The minimum atomic E-state index is -3.64. The number of sulfonamides is 1. The predicted octanol–water partition coefficient (Wildman–Crippen LogP) is 4.25. The summed E-state index contributed by atoms with van der Waals surface area (Å²) >= 11 is 0. The molecule has 162 valence electrons. The van der Waals surface area contributed by atoms with Crippen LogP contribution in [0.4, 0.5) is 0 Å². The van der Waals surface area contributed by atoms with Crippen LogP contribution < -0.4 is 0 Å². The number of benzene rings is 3. The van der Waals surface area contributed by atoms with Gasteiger partial charge in [0.1, 0.15) is 0 Å². The summed E-state index contributed by atoms with van der Waals surface area (Å²) in [6, 6.07) is 24.2. The fourth-order valence-electron chi connectivity index (χ4n) is 4.07. The third-order valence-corrected chi connectivity index (χ3v) is 7.72. The second-order valence-corrected chi connectivity index (χ2v) is 9.67. The van der Waals surface area contributed by atoms with Crippen LogP contribution in [0.25, 0.3) is 21.9 Å². The van der Waals surface area contributed by atoms with Crippen LogP contribution in [0, 0.1) is 0 Å². The largest absolute Gasteiger partial charge is 0.459 e. The smallest absolute Gasteiger partial charge is 0.290 e. The van der Waals surface area contributed by atoms with E-state index in [-0.39, 0.29) is 29.7 Å². The van der Waals surface area contributed by atoms with E-state index in [0.717, 1.165) is 21.9 Å². The van der Waals surface area contributed by atoms with Gasteiger partial charge in [-0.15, -0.1) is 0 Å². The minimum absolute atomic E-state index is 0.225. The Bertz CT molecular complexity index is 1370. The van der Waals surface area contributed by atoms with Gasteiger partial charge in [-0.3, -0.25) is 4.79 Å². The second kappa shape index (κ2) is 8.26. The van der Waals surface area contributed by atoms with Gasteiger partial charge in [-0.05, 0) is 34.5 Å². The Balaban J connectivity index is 1.32. The van der Waals surface area contributed by atoms with Crippen molar-refractivity contribution in [3.05, 3.63) is 90.9 Å². The van der Waals surface area contributed by atoms with Crippen molar-refractivity contribution >= 4 is 26.7 Å². The zero-order valence-electron chi connectivity index (χ0n) is 17.3. The summed E-state index contributed by atoms with van der Waals surface area (Å²) < 4.78 is 33.3. The van der Waals surface area contributed by atoms with E-state index in [1.807, 2.05) is 60.7 Å². The van der Waals surface area contributed by atoms with Gasteiger partial charge < -0.3 is 9.32 Å². The van der Waals surface area contributed by atoms with Gasteiger partial charge in [0.15, 0.2) is 5.76 Å². The fraction of sp³-hybridized carbons (Fsp3) is 0.160. The highest BCUT2D eigenvalue weighted by Gasteiger charge is 2.32. The molecule has 2 heterocycles. The molecule has 0 saturated carbocycles. The molecular formula is C25H22N2O4S. The predicted molar refractivity (Wildman–Crippen MR) is 123 cm³/mol. The summed E-state index contributed by atoms with van der Waals surface area (Å²) in [5.74, 6) is 0.0543. The minimum Gasteiger partial charge on any atom is -0.459 e. The molecule has 1 aliphatic rings. The van der Waals surface area contributed by atoms with Crippen LogP contribution in [0.2, 0.25) is 0 Å². The van der Waals surface area contributed by atoms with Crippen molar-refractivity contribution in [2.75, 3.05) is 26.2 Å². The Morgan fingerprint density at radius 2 is 1.47 bits per heavy atom. The van der Waals surface area contributed by atoms with Crippen LogP contribution >= 0.6 is 0 Å². The van der Waals surface area contributed by atoms with Gasteiger partial charge in [-0.25, -0.2) is 8.42 Å². The van der Waals surface area contributed by atoms with Crippen LogP contribution in [0.5, 0.6) is 0 Å². The SMILES string of the molecule is O=C(c1occc1-c1ccccc1)N1CCN(S(=O)(=O)c2ccc3ccccc3c2)CC1. The molecule has 7 heteroatoms. The molecule has 32 heavy (non-hydrogen) atoms. The van der Waals surface area contributed by atoms with E-state index in [9.17, 15) is 13.2 Å². The topological polar surface area (TPSA) is 70.8 Å². The van der Waals surface area contributed by atoms with Crippen LogP contribution in [0.3, 0.4) is 0 Å². The Kier molecular flexibility index (Phi) is 5.28. The number of furan rings is 1. The highest BCUT2D eigenvalue weighted by molar-refractivity contribution is 7.89. The Hall–Kier alpha value is -3.42. The van der Waals surface area contributed by atoms with E-state index >= 15 is 0 Å². The number of nitrogens with zero attached hydrogens (tertiary/aromatic N) is 2. The standard InChI is InChI=1S/C25H22N2O4S/c28-25(24-23(12-17-31-24)20-7-2-1-3-8-20)26-13-15-27(16-14-26)32(29,30)22-11-10-19-6-4-5-9-21(19)18-22/h1-12,17-18H,13-16H2. The first-order chi connectivity index (χ1) is 15.5. The second-order valence-electron chi connectivity index (χ2n) is 7.73. The maximum Gasteiger partial charge on any atom is 0.290 e. The first-order valence-electron chi connectivity index (χ1n) is 10.5. The summed E-state index contributed by atoms with van der Waals surface area (Å²) in [5.41, 5.74) is 1.64. The zero-order chi connectivity index (χ0) is 22.1. The van der Waals surface area contributed by atoms with E-state index in [1.165, 1.54) is 10.6 Å². The molecule has 0 aliphatic carbocycles. The van der Waals surface area contributed by atoms with Gasteiger partial charge in [0.2, 0.25) is 10.0 Å². The number of fused-ring (bicyclic) bond motifs is 1. The molecule has 6 nitrogen and oxygen atoms in total. The Morgan fingerprint density at radius 1 is 0.781 bits per heavy atom. The molecule has 0 bridgehead atoms. The van der Waals surface area contributed by atoms with Crippen LogP contribution in [-0.2, 0) is 10.0 Å². The lowest BCUT2D eigenvalue weighted by Crippen LogP contribution is -2.50. The normalized spacial score (nSPS) is 15.2. The summed E-state index contributed by atoms with van der Waals surface area (Å²) in [6.45, 7) is 1.09. The van der Waals surface area contributed by atoms with Crippen molar-refractivity contribution in [1.82, 2.24) is 9.21 Å². The van der Waals surface area contributed by atoms with Crippen molar-refractivity contribution in [3.8, 4) is 11.1 Å². The first-order valence-corrected chi connectivity index (χ1v) is 11.9. The first kappa shape index (κ1) is 20.5. The van der Waals surface area contributed by atoms with Crippen molar-refractivity contribution in [2.24, 2.45) is 0 Å². The molecule has 1 saturated heterocycles. The zero-order valence-corrected chi connectivity index (χ0v) is 18.2. The maximum atomic E-state index is 13.2. The van der Waals surface area contributed by atoms with Crippen LogP contribution in [0.15, 0.2) is 94.4 Å². The molecule has 0 atom stereocenters. The molecule has 1 aromatic heterocycles. The number of hydrogen-bond donors (Lipinski definition) is 0. The molecule has 1 amide bonds. The lowest BCUT2D eigenvalue weighted by atomic mass is 10.1. The number of piperazine rings is 1. The van der Waals surface area contributed by atoms with Crippen molar-refractivity contribution in [1.29, 1.82) is 0 Å². The Morgan fingerprint density at radius 3 is 2.22 bits per heavy atom. The number of hydrogen-bond acceptors (Lipinski definition) is 4. The third-order valence-electron chi connectivity index (χ3n) is 5.83. The molecule has 1 fully saturated rings. The summed E-state index contributed by atoms with van der Waals surface area (Å²) in [4.78, 5) is 15.0. The van der Waals surface area contributed by atoms with Gasteiger partial charge in [-0.1, -0.05) is 60.7 Å². The quantitative estimate of drug-likeness (QED) is 0.470. The summed E-state index contributed by atoms with van der Waals surface area (Å²) in [5, 5.41) is 1.88. The monoisotopic (exact) mass is 446 g/mol. The lowest BCUT2D eigenvalue weighted by molar-refractivity contribution is 0.0667. The van der Waals surface area contributed by atoms with E-state index < -0.39 is 10.0 Å². The average Bonchev–Trinajstić information content (AvgIpc) is 3.34. The summed E-state index contributed by atoms with van der Waals surface area (Å²) in [6.07, 6.45) is 1.51. The number of carbonyl (C=O) groups excluding carboxylic acids is 1. The molecule has 3 aromatic carbocycles. The molecule has 0 unspecified atom stereocenters. The van der Waals surface area contributed by atoms with Gasteiger partial charge in [0.05, 0.1) is 11.2 Å². The highest BCUT2D eigenvalue weighted by Crippen LogP contribution is 2.27. The van der Waals surface area contributed by atoms with Gasteiger partial charge in [0, 0.05) is 31.7 Å². The van der Waals surface area contributed by atoms with Gasteiger partial charge in [-0.2, -0.15) is 4.31 Å². The van der Waals surface area contributed by atoms with Crippen LogP contribution in [0.1, 0.15) is 10.6 Å². The molecular weight excluding hydrogens is 424 g/mol. The third kappa shape index (κ3) is 3.70. The maximum absolute atomic E-state index is 13.2. The molecule has 4 aromatic rings. The van der Waals surface area contributed by atoms with Gasteiger partial charge >= 0.3 is 0 Å². The van der Waals surface area contributed by atoms with E-state index in [4.69, 9.17) is 4.42 Å². The average molecular weight is 447 g/mol. The number of rotatable bonds is 4. The fourth-order valence-corrected chi connectivity index (χ4v) is 5.53. The molecule has 1 aliphatic heterocycles. The number of amides is 1. The van der Waals surface area contributed by atoms with Gasteiger partial charge in [0.25, 0.3) is 5.91 Å². The molecule has 0 spiro atoms. The van der Waals surface area contributed by atoms with E-state index in [1.54, 1.807) is 23.1 Å². The molecule has 0 N–H and O–H groups in total. The van der Waals surface area contributed by atoms with Crippen molar-refractivity contribution in [2.45, 2.75) is 4.90 Å². The van der Waals surface area contributed by atoms with Crippen molar-refractivity contribution < 1.29 is 17.6 Å². The number of carbonyl (C=O) groups is 1. The Labute approximate surface area is 186 Å². The molecule has 0 radical (unpaired) electrons. The van der Waals surface area contributed by atoms with E-state index in [0.29, 0.717) is 13.1 Å². The lowest BCUT2D eigenvalue weighted by Gasteiger charge is -2.33. The molecule has 5 rings (SSSR count). The summed E-state index contributed by atoms with van der Waals surface area (Å²) in [7, 11) is -3.64. The van der Waals surface area contributed by atoms with E-state index in [2.05, 4.69) is 0 Å². The van der Waals surface area contributed by atoms with Crippen LogP contribution in [-0.4, -0.2) is 49.7 Å².